The highest BCUT2D eigenvalue weighted by atomic mass is 35.5. The normalized spacial score (nSPS) is 15.5. The molecule has 1 N–H and O–H groups in total. The van der Waals surface area contributed by atoms with Crippen LogP contribution in [-0.4, -0.2) is 17.5 Å². The predicted molar refractivity (Wildman–Crippen MR) is 52.2 cm³/mol. The standard InChI is InChI=1S/C9H20ClN/c1-7(2)9(4,5)11-6-8(3)10/h7-8,11H,6H2,1-5H3. The van der Waals surface area contributed by atoms with Gasteiger partial charge in [-0.15, -0.1) is 11.6 Å². The van der Waals surface area contributed by atoms with Crippen molar-refractivity contribution in [3.05, 3.63) is 0 Å². The van der Waals surface area contributed by atoms with Crippen molar-refractivity contribution in [3.63, 3.8) is 0 Å². The molecule has 0 bridgehead atoms. The van der Waals surface area contributed by atoms with Gasteiger partial charge in [0.15, 0.2) is 0 Å². The van der Waals surface area contributed by atoms with Gasteiger partial charge < -0.3 is 5.32 Å². The minimum atomic E-state index is 0.198. The molecule has 0 rings (SSSR count). The van der Waals surface area contributed by atoms with E-state index in [4.69, 9.17) is 11.6 Å². The maximum absolute atomic E-state index is 5.83. The van der Waals surface area contributed by atoms with Crippen molar-refractivity contribution in [2.24, 2.45) is 5.92 Å². The van der Waals surface area contributed by atoms with Crippen molar-refractivity contribution in [1.29, 1.82) is 0 Å². The van der Waals surface area contributed by atoms with E-state index in [1.807, 2.05) is 6.92 Å². The zero-order chi connectivity index (χ0) is 9.07. The molecule has 68 valence electrons. The Morgan fingerprint density at radius 3 is 2.00 bits per heavy atom. The Hall–Kier alpha value is 0.250. The van der Waals surface area contributed by atoms with Crippen molar-refractivity contribution in [3.8, 4) is 0 Å². The lowest BCUT2D eigenvalue weighted by molar-refractivity contribution is 0.290. The minimum absolute atomic E-state index is 0.198. The van der Waals surface area contributed by atoms with E-state index in [-0.39, 0.29) is 10.9 Å². The Balaban J connectivity index is 3.73. The zero-order valence-electron chi connectivity index (χ0n) is 8.24. The highest BCUT2D eigenvalue weighted by Gasteiger charge is 2.21. The van der Waals surface area contributed by atoms with Gasteiger partial charge in [0.25, 0.3) is 0 Å². The molecular weight excluding hydrogens is 158 g/mol. The molecule has 0 aromatic heterocycles. The molecule has 1 nitrogen and oxygen atoms in total. The molecule has 0 fully saturated rings. The molecule has 0 aliphatic carbocycles. The fourth-order valence-corrected chi connectivity index (χ4v) is 0.685. The van der Waals surface area contributed by atoms with Gasteiger partial charge in [0.05, 0.1) is 0 Å². The molecule has 0 aromatic rings. The van der Waals surface area contributed by atoms with E-state index in [1.54, 1.807) is 0 Å². The van der Waals surface area contributed by atoms with Gasteiger partial charge in [-0.3, -0.25) is 0 Å². The largest absolute Gasteiger partial charge is 0.310 e. The summed E-state index contributed by atoms with van der Waals surface area (Å²) < 4.78 is 0. The van der Waals surface area contributed by atoms with E-state index in [9.17, 15) is 0 Å². The highest BCUT2D eigenvalue weighted by Crippen LogP contribution is 2.14. The third-order valence-corrected chi connectivity index (χ3v) is 2.44. The topological polar surface area (TPSA) is 12.0 Å². The fraction of sp³-hybridized carbons (Fsp3) is 1.00. The van der Waals surface area contributed by atoms with Crippen LogP contribution in [0.3, 0.4) is 0 Å². The maximum atomic E-state index is 5.83. The van der Waals surface area contributed by atoms with E-state index in [0.717, 1.165) is 6.54 Å². The summed E-state index contributed by atoms with van der Waals surface area (Å²) in [6.07, 6.45) is 0. The summed E-state index contributed by atoms with van der Waals surface area (Å²) in [4.78, 5) is 0. The van der Waals surface area contributed by atoms with Gasteiger partial charge in [-0.1, -0.05) is 13.8 Å². The minimum Gasteiger partial charge on any atom is -0.310 e. The third-order valence-electron chi connectivity index (χ3n) is 2.28. The number of nitrogens with one attached hydrogen (secondary N) is 1. The molecule has 0 aromatic carbocycles. The molecule has 0 heterocycles. The smallest absolute Gasteiger partial charge is 0.0432 e. The van der Waals surface area contributed by atoms with E-state index in [2.05, 4.69) is 33.0 Å². The number of hydrogen-bond donors (Lipinski definition) is 1. The van der Waals surface area contributed by atoms with Gasteiger partial charge in [0.2, 0.25) is 0 Å². The molecule has 1 unspecified atom stereocenters. The van der Waals surface area contributed by atoms with Crippen LogP contribution < -0.4 is 5.32 Å². The van der Waals surface area contributed by atoms with Crippen LogP contribution in [0.25, 0.3) is 0 Å². The van der Waals surface area contributed by atoms with Crippen molar-refractivity contribution < 1.29 is 0 Å². The lowest BCUT2D eigenvalue weighted by Crippen LogP contribution is -2.46. The van der Waals surface area contributed by atoms with Crippen LogP contribution in [0.5, 0.6) is 0 Å². The zero-order valence-corrected chi connectivity index (χ0v) is 9.00. The van der Waals surface area contributed by atoms with Crippen molar-refractivity contribution in [2.75, 3.05) is 6.54 Å². The number of alkyl halides is 1. The van der Waals surface area contributed by atoms with Crippen molar-refractivity contribution >= 4 is 11.6 Å². The Morgan fingerprint density at radius 2 is 1.73 bits per heavy atom. The second-order valence-electron chi connectivity index (χ2n) is 4.04. The number of rotatable bonds is 4. The van der Waals surface area contributed by atoms with Crippen LogP contribution in [0.15, 0.2) is 0 Å². The van der Waals surface area contributed by atoms with E-state index in [1.165, 1.54) is 0 Å². The quantitative estimate of drug-likeness (QED) is 0.652. The average molecular weight is 178 g/mol. The molecule has 2 heteroatoms. The van der Waals surface area contributed by atoms with Gasteiger partial charge in [0.1, 0.15) is 0 Å². The average Bonchev–Trinajstić information content (AvgIpc) is 1.84. The predicted octanol–water partition coefficient (Wildman–Crippen LogP) is 2.64. The summed E-state index contributed by atoms with van der Waals surface area (Å²) in [7, 11) is 0. The Labute approximate surface area is 75.5 Å². The first-order valence-corrected chi connectivity index (χ1v) is 4.69. The lowest BCUT2D eigenvalue weighted by atomic mass is 9.91. The van der Waals surface area contributed by atoms with Crippen molar-refractivity contribution in [1.82, 2.24) is 5.32 Å². The van der Waals surface area contributed by atoms with Crippen LogP contribution in [-0.2, 0) is 0 Å². The van der Waals surface area contributed by atoms with E-state index < -0.39 is 0 Å². The monoisotopic (exact) mass is 177 g/mol. The molecular formula is C9H20ClN. The molecule has 0 aliphatic heterocycles. The molecule has 0 saturated carbocycles. The molecule has 1 atom stereocenters. The first-order chi connectivity index (χ1) is 4.86. The summed E-state index contributed by atoms with van der Waals surface area (Å²) in [5.74, 6) is 0.637. The molecule has 0 amide bonds. The molecule has 0 saturated heterocycles. The van der Waals surface area contributed by atoms with Gasteiger partial charge in [-0.25, -0.2) is 0 Å². The summed E-state index contributed by atoms with van der Waals surface area (Å²) >= 11 is 5.83. The maximum Gasteiger partial charge on any atom is 0.0432 e. The number of hydrogen-bond acceptors (Lipinski definition) is 1. The van der Waals surface area contributed by atoms with Gasteiger partial charge in [-0.05, 0) is 26.7 Å². The summed E-state index contributed by atoms with van der Waals surface area (Å²) in [5.41, 5.74) is 0.198. The first-order valence-electron chi connectivity index (χ1n) is 4.25. The molecule has 0 spiro atoms. The SMILES string of the molecule is CC(Cl)CNC(C)(C)C(C)C. The Morgan fingerprint density at radius 1 is 1.27 bits per heavy atom. The summed E-state index contributed by atoms with van der Waals surface area (Å²) in [5, 5.41) is 3.64. The van der Waals surface area contributed by atoms with Gasteiger partial charge in [-0.2, -0.15) is 0 Å². The Kier molecular flexibility index (Phi) is 4.42. The second-order valence-corrected chi connectivity index (χ2v) is 4.78. The van der Waals surface area contributed by atoms with Crippen LogP contribution in [0.2, 0.25) is 0 Å². The van der Waals surface area contributed by atoms with Crippen molar-refractivity contribution in [2.45, 2.75) is 45.5 Å². The third kappa shape index (κ3) is 4.65. The first kappa shape index (κ1) is 11.2. The van der Waals surface area contributed by atoms with E-state index >= 15 is 0 Å². The Bertz CT molecular complexity index is 108. The molecule has 11 heavy (non-hydrogen) atoms. The van der Waals surface area contributed by atoms with Crippen LogP contribution in [0.1, 0.15) is 34.6 Å². The summed E-state index contributed by atoms with van der Waals surface area (Å²) in [6, 6.07) is 0. The highest BCUT2D eigenvalue weighted by molar-refractivity contribution is 6.20. The number of halogens is 1. The summed E-state index contributed by atoms with van der Waals surface area (Å²) in [6.45, 7) is 11.7. The van der Waals surface area contributed by atoms with E-state index in [0.29, 0.717) is 5.92 Å². The molecule has 0 aliphatic rings. The lowest BCUT2D eigenvalue weighted by Gasteiger charge is -2.31. The fourth-order valence-electron chi connectivity index (χ4n) is 0.608. The molecule has 0 radical (unpaired) electrons. The van der Waals surface area contributed by atoms with Crippen LogP contribution in [0.4, 0.5) is 0 Å². The van der Waals surface area contributed by atoms with Gasteiger partial charge >= 0.3 is 0 Å². The van der Waals surface area contributed by atoms with Crippen LogP contribution >= 0.6 is 11.6 Å². The van der Waals surface area contributed by atoms with Gasteiger partial charge in [0, 0.05) is 17.5 Å². The second kappa shape index (κ2) is 4.32. The van der Waals surface area contributed by atoms with Crippen LogP contribution in [0, 0.1) is 5.92 Å².